The van der Waals surface area contributed by atoms with Crippen molar-refractivity contribution in [2.24, 2.45) is 0 Å². The van der Waals surface area contributed by atoms with Crippen LogP contribution < -0.4 is 4.72 Å². The van der Waals surface area contributed by atoms with Crippen LogP contribution >= 0.6 is 0 Å². The number of rotatable bonds is 7. The van der Waals surface area contributed by atoms with Crippen molar-refractivity contribution in [2.45, 2.75) is 13.5 Å². The maximum atomic E-state index is 12.0. The van der Waals surface area contributed by atoms with Gasteiger partial charge in [0.1, 0.15) is 13.2 Å². The van der Waals surface area contributed by atoms with Gasteiger partial charge in [0.05, 0.1) is 5.52 Å². The summed E-state index contributed by atoms with van der Waals surface area (Å²) in [4.78, 5) is 16.2. The number of carbonyl (C=O) groups is 1. The topological polar surface area (TPSA) is 85.4 Å². The maximum Gasteiger partial charge on any atom is 0.321 e. The first-order chi connectivity index (χ1) is 13.4. The van der Waals surface area contributed by atoms with E-state index in [-0.39, 0.29) is 6.61 Å². The number of aromatic nitrogens is 1. The first-order valence-corrected chi connectivity index (χ1v) is 10.2. The standard InChI is InChI=1S/C21H20N2O4S/c1-16-7-9-17(10-8-16)11-13-28(25,26)23-14-20(24)27-15-19-5-2-4-18-6-3-12-22-21(18)19/h2-13,23H,14-15H2,1H3/b13-11+. The van der Waals surface area contributed by atoms with Crippen molar-refractivity contribution >= 4 is 33.0 Å². The summed E-state index contributed by atoms with van der Waals surface area (Å²) in [6, 6.07) is 16.7. The number of sulfonamides is 1. The number of para-hydroxylation sites is 1. The molecule has 3 aromatic rings. The van der Waals surface area contributed by atoms with E-state index in [1.807, 2.05) is 61.5 Å². The molecule has 2 aromatic carbocycles. The average molecular weight is 396 g/mol. The van der Waals surface area contributed by atoms with E-state index in [9.17, 15) is 13.2 Å². The minimum atomic E-state index is -3.75. The molecule has 0 bridgehead atoms. The molecular weight excluding hydrogens is 376 g/mol. The van der Waals surface area contributed by atoms with Crippen LogP contribution in [-0.4, -0.2) is 25.9 Å². The Balaban J connectivity index is 1.54. The largest absolute Gasteiger partial charge is 0.460 e. The van der Waals surface area contributed by atoms with Crippen LogP contribution in [0.4, 0.5) is 0 Å². The molecule has 0 radical (unpaired) electrons. The van der Waals surface area contributed by atoms with Gasteiger partial charge in [0.2, 0.25) is 10.0 Å². The van der Waals surface area contributed by atoms with Crippen LogP contribution in [0.25, 0.3) is 17.0 Å². The molecule has 1 heterocycles. The van der Waals surface area contributed by atoms with Crippen molar-refractivity contribution < 1.29 is 17.9 Å². The Kier molecular flexibility index (Phi) is 6.18. The Morgan fingerprint density at radius 1 is 1.11 bits per heavy atom. The molecule has 7 heteroatoms. The van der Waals surface area contributed by atoms with Crippen LogP contribution in [0.5, 0.6) is 0 Å². The lowest BCUT2D eigenvalue weighted by molar-refractivity contribution is -0.143. The van der Waals surface area contributed by atoms with Gasteiger partial charge in [-0.1, -0.05) is 54.1 Å². The van der Waals surface area contributed by atoms with E-state index in [0.29, 0.717) is 0 Å². The molecule has 0 saturated heterocycles. The zero-order chi connectivity index (χ0) is 20.0. The van der Waals surface area contributed by atoms with E-state index in [1.165, 1.54) is 6.08 Å². The number of nitrogens with one attached hydrogen (secondary N) is 1. The number of hydrogen-bond donors (Lipinski definition) is 1. The van der Waals surface area contributed by atoms with Crippen LogP contribution in [0.2, 0.25) is 0 Å². The lowest BCUT2D eigenvalue weighted by Crippen LogP contribution is -2.29. The molecule has 144 valence electrons. The molecule has 0 saturated carbocycles. The molecule has 1 N–H and O–H groups in total. The zero-order valence-corrected chi connectivity index (χ0v) is 16.1. The predicted molar refractivity (Wildman–Crippen MR) is 109 cm³/mol. The van der Waals surface area contributed by atoms with Crippen LogP contribution in [0, 0.1) is 6.92 Å². The first kappa shape index (κ1) is 19.7. The summed E-state index contributed by atoms with van der Waals surface area (Å²) >= 11 is 0. The average Bonchev–Trinajstić information content (AvgIpc) is 2.70. The third-order valence-electron chi connectivity index (χ3n) is 4.04. The molecule has 6 nitrogen and oxygen atoms in total. The smallest absolute Gasteiger partial charge is 0.321 e. The molecule has 0 spiro atoms. The number of hydrogen-bond acceptors (Lipinski definition) is 5. The molecule has 0 amide bonds. The number of pyridine rings is 1. The quantitative estimate of drug-likeness (QED) is 0.620. The van der Waals surface area contributed by atoms with Gasteiger partial charge in [0.15, 0.2) is 0 Å². The maximum absolute atomic E-state index is 12.0. The highest BCUT2D eigenvalue weighted by Crippen LogP contribution is 2.16. The van der Waals surface area contributed by atoms with Gasteiger partial charge in [-0.15, -0.1) is 0 Å². The van der Waals surface area contributed by atoms with Crippen molar-refractivity contribution in [3.63, 3.8) is 0 Å². The Labute approximate surface area is 163 Å². The fourth-order valence-corrected chi connectivity index (χ4v) is 3.30. The molecule has 1 aromatic heterocycles. The number of carbonyl (C=O) groups excluding carboxylic acids is 1. The van der Waals surface area contributed by atoms with Gasteiger partial charge in [-0.2, -0.15) is 0 Å². The van der Waals surface area contributed by atoms with Crippen LogP contribution in [-0.2, 0) is 26.2 Å². The summed E-state index contributed by atoms with van der Waals surface area (Å²) in [7, 11) is -3.75. The van der Waals surface area contributed by atoms with E-state index in [0.717, 1.165) is 33.0 Å². The Hall–Kier alpha value is -3.03. The number of ether oxygens (including phenoxy) is 1. The number of nitrogens with zero attached hydrogens (tertiary/aromatic N) is 1. The van der Waals surface area contributed by atoms with Gasteiger partial charge in [-0.3, -0.25) is 9.78 Å². The number of esters is 1. The summed E-state index contributed by atoms with van der Waals surface area (Å²) in [5, 5.41) is 1.97. The molecule has 0 aliphatic rings. The Morgan fingerprint density at radius 2 is 1.86 bits per heavy atom. The molecule has 0 aliphatic heterocycles. The van der Waals surface area contributed by atoms with Crippen molar-refractivity contribution in [1.82, 2.24) is 9.71 Å². The van der Waals surface area contributed by atoms with Crippen molar-refractivity contribution in [3.05, 3.63) is 82.9 Å². The van der Waals surface area contributed by atoms with E-state index < -0.39 is 22.5 Å². The Morgan fingerprint density at radius 3 is 2.64 bits per heavy atom. The summed E-state index contributed by atoms with van der Waals surface area (Å²) in [5.41, 5.74) is 3.34. The molecular formula is C21H20N2O4S. The normalized spacial score (nSPS) is 11.8. The molecule has 0 unspecified atom stereocenters. The van der Waals surface area contributed by atoms with Crippen molar-refractivity contribution in [2.75, 3.05) is 6.54 Å². The fourth-order valence-electron chi connectivity index (χ4n) is 2.55. The molecule has 0 fully saturated rings. The SMILES string of the molecule is Cc1ccc(/C=C/S(=O)(=O)NCC(=O)OCc2cccc3cccnc23)cc1. The van der Waals surface area contributed by atoms with Crippen LogP contribution in [0.1, 0.15) is 16.7 Å². The molecule has 0 atom stereocenters. The molecule has 28 heavy (non-hydrogen) atoms. The zero-order valence-electron chi connectivity index (χ0n) is 15.3. The van der Waals surface area contributed by atoms with Gasteiger partial charge < -0.3 is 4.74 Å². The highest BCUT2D eigenvalue weighted by molar-refractivity contribution is 7.92. The van der Waals surface area contributed by atoms with E-state index >= 15 is 0 Å². The van der Waals surface area contributed by atoms with Gasteiger partial charge in [0, 0.05) is 22.6 Å². The van der Waals surface area contributed by atoms with Gasteiger partial charge in [0.25, 0.3) is 0 Å². The molecule has 0 aliphatic carbocycles. The summed E-state index contributed by atoms with van der Waals surface area (Å²) in [5.74, 6) is -0.666. The van der Waals surface area contributed by atoms with Crippen LogP contribution in [0.15, 0.2) is 66.2 Å². The molecule has 3 rings (SSSR count). The number of fused-ring (bicyclic) bond motifs is 1. The van der Waals surface area contributed by atoms with Gasteiger partial charge >= 0.3 is 5.97 Å². The highest BCUT2D eigenvalue weighted by Gasteiger charge is 2.11. The van der Waals surface area contributed by atoms with Crippen LogP contribution in [0.3, 0.4) is 0 Å². The second kappa shape index (κ2) is 8.77. The lowest BCUT2D eigenvalue weighted by Gasteiger charge is -2.07. The first-order valence-electron chi connectivity index (χ1n) is 8.66. The van der Waals surface area contributed by atoms with Gasteiger partial charge in [-0.05, 0) is 24.6 Å². The third kappa shape index (κ3) is 5.48. The van der Waals surface area contributed by atoms with E-state index in [1.54, 1.807) is 6.20 Å². The van der Waals surface area contributed by atoms with E-state index in [4.69, 9.17) is 4.74 Å². The van der Waals surface area contributed by atoms with Crippen molar-refractivity contribution in [1.29, 1.82) is 0 Å². The second-order valence-corrected chi connectivity index (χ2v) is 7.88. The third-order valence-corrected chi connectivity index (χ3v) is 5.08. The second-order valence-electron chi connectivity index (χ2n) is 6.23. The minimum Gasteiger partial charge on any atom is -0.460 e. The lowest BCUT2D eigenvalue weighted by atomic mass is 10.1. The Bertz CT molecular complexity index is 1100. The summed E-state index contributed by atoms with van der Waals surface area (Å²) in [6.07, 6.45) is 3.14. The summed E-state index contributed by atoms with van der Waals surface area (Å²) < 4.78 is 31.4. The van der Waals surface area contributed by atoms with E-state index in [2.05, 4.69) is 9.71 Å². The van der Waals surface area contributed by atoms with Crippen molar-refractivity contribution in [3.8, 4) is 0 Å². The monoisotopic (exact) mass is 396 g/mol. The number of benzene rings is 2. The highest BCUT2D eigenvalue weighted by atomic mass is 32.2. The number of aryl methyl sites for hydroxylation is 1. The minimum absolute atomic E-state index is 0.0219. The van der Waals surface area contributed by atoms with Gasteiger partial charge in [-0.25, -0.2) is 13.1 Å². The summed E-state index contributed by atoms with van der Waals surface area (Å²) in [6.45, 7) is 1.53. The predicted octanol–water partition coefficient (Wildman–Crippen LogP) is 3.18. The fraction of sp³-hybridized carbons (Fsp3) is 0.143.